The van der Waals surface area contributed by atoms with E-state index in [2.05, 4.69) is 0 Å². The molecule has 116 valence electrons. The van der Waals surface area contributed by atoms with Crippen LogP contribution in [0.5, 0.6) is 17.2 Å². The highest BCUT2D eigenvalue weighted by atomic mass is 16.6. The van der Waals surface area contributed by atoms with Gasteiger partial charge in [0.15, 0.2) is 11.5 Å². The van der Waals surface area contributed by atoms with Crippen molar-refractivity contribution < 1.29 is 23.9 Å². The summed E-state index contributed by atoms with van der Waals surface area (Å²) in [7, 11) is 4.23. The Morgan fingerprint density at radius 2 is 1.86 bits per heavy atom. The topological polar surface area (TPSA) is 87.9 Å². The monoisotopic (exact) mass is 297 g/mol. The number of hydrogen-bond acceptors (Lipinski definition) is 6. The van der Waals surface area contributed by atoms with Crippen molar-refractivity contribution in [3.05, 3.63) is 21.7 Å². The summed E-state index contributed by atoms with van der Waals surface area (Å²) in [6.45, 7) is 1.87. The van der Waals surface area contributed by atoms with Crippen LogP contribution in [0.15, 0.2) is 6.07 Å². The van der Waals surface area contributed by atoms with Crippen LogP contribution < -0.4 is 14.2 Å². The smallest absolute Gasteiger partial charge is 0.315 e. The lowest BCUT2D eigenvalue weighted by Gasteiger charge is -2.18. The van der Waals surface area contributed by atoms with E-state index in [9.17, 15) is 14.9 Å². The first kappa shape index (κ1) is 16.7. The highest BCUT2D eigenvalue weighted by molar-refractivity contribution is 5.64. The summed E-state index contributed by atoms with van der Waals surface area (Å²) in [5.74, 6) is 0.781. The first-order valence-corrected chi connectivity index (χ1v) is 6.39. The Labute approximate surface area is 123 Å². The van der Waals surface area contributed by atoms with Gasteiger partial charge in [-0.25, -0.2) is 0 Å². The Morgan fingerprint density at radius 3 is 2.29 bits per heavy atom. The van der Waals surface area contributed by atoms with Crippen molar-refractivity contribution in [2.45, 2.75) is 19.8 Å². The van der Waals surface area contributed by atoms with Gasteiger partial charge in [0.05, 0.1) is 32.3 Å². The molecule has 0 N–H and O–H groups in total. The van der Waals surface area contributed by atoms with E-state index >= 15 is 0 Å². The fourth-order valence-electron chi connectivity index (χ4n) is 2.18. The molecule has 0 unspecified atom stereocenters. The number of methoxy groups -OCH3 is 3. The highest BCUT2D eigenvalue weighted by Gasteiger charge is 2.27. The zero-order valence-corrected chi connectivity index (χ0v) is 12.5. The zero-order chi connectivity index (χ0) is 16.0. The minimum absolute atomic E-state index is 0.00277. The summed E-state index contributed by atoms with van der Waals surface area (Å²) in [6, 6.07) is 1.27. The van der Waals surface area contributed by atoms with Gasteiger partial charge in [-0.15, -0.1) is 0 Å². The van der Waals surface area contributed by atoms with Gasteiger partial charge in [0, 0.05) is 12.0 Å². The second kappa shape index (κ2) is 7.47. The van der Waals surface area contributed by atoms with E-state index in [0.717, 1.165) is 6.29 Å². The Hall–Kier alpha value is -2.31. The summed E-state index contributed by atoms with van der Waals surface area (Å²) in [5.41, 5.74) is 0.337. The fourth-order valence-corrected chi connectivity index (χ4v) is 2.18. The molecule has 0 amide bonds. The van der Waals surface area contributed by atoms with E-state index in [1.807, 2.05) is 6.92 Å². The van der Waals surface area contributed by atoms with Crippen LogP contribution in [0.25, 0.3) is 0 Å². The Bertz CT molecular complexity index is 529. The van der Waals surface area contributed by atoms with Crippen LogP contribution in [-0.4, -0.2) is 32.5 Å². The lowest BCUT2D eigenvalue weighted by atomic mass is 9.96. The second-order valence-electron chi connectivity index (χ2n) is 4.61. The molecule has 0 bridgehead atoms. The predicted molar refractivity (Wildman–Crippen MR) is 76.3 cm³/mol. The molecule has 0 aliphatic rings. The second-order valence-corrected chi connectivity index (χ2v) is 4.61. The normalized spacial score (nSPS) is 11.6. The quantitative estimate of drug-likeness (QED) is 0.416. The van der Waals surface area contributed by atoms with E-state index in [1.54, 1.807) is 0 Å². The molecule has 21 heavy (non-hydrogen) atoms. The molecule has 1 atom stereocenters. The molecular formula is C14H19NO6. The van der Waals surface area contributed by atoms with Crippen LogP contribution in [0.2, 0.25) is 0 Å². The summed E-state index contributed by atoms with van der Waals surface area (Å²) in [5, 5.41) is 11.2. The molecule has 0 aromatic heterocycles. The maximum Gasteiger partial charge on any atom is 0.315 e. The Balaban J connectivity index is 3.49. The first-order valence-electron chi connectivity index (χ1n) is 6.39. The fraction of sp³-hybridized carbons (Fsp3) is 0.500. The van der Waals surface area contributed by atoms with Gasteiger partial charge in [-0.2, -0.15) is 0 Å². The van der Waals surface area contributed by atoms with Crippen molar-refractivity contribution in [1.29, 1.82) is 0 Å². The van der Waals surface area contributed by atoms with Gasteiger partial charge in [0.25, 0.3) is 0 Å². The van der Waals surface area contributed by atoms with E-state index < -0.39 is 4.92 Å². The Kier molecular flexibility index (Phi) is 5.95. The van der Waals surface area contributed by atoms with Crippen LogP contribution in [0.3, 0.4) is 0 Å². The number of aldehydes is 1. The molecule has 7 nitrogen and oxygen atoms in total. The first-order chi connectivity index (χ1) is 9.99. The molecule has 0 aliphatic carbocycles. The standard InChI is InChI=1S/C14H19NO6/c1-9(5-6-16)7-10-13(20-3)11(15(17)18)8-12(19-2)14(10)21-4/h6,8-9H,5,7H2,1-4H3/t9-/m0/s1. The molecule has 0 aliphatic heterocycles. The van der Waals surface area contributed by atoms with E-state index in [4.69, 9.17) is 14.2 Å². The van der Waals surface area contributed by atoms with Gasteiger partial charge in [0.2, 0.25) is 5.75 Å². The molecule has 0 saturated carbocycles. The Morgan fingerprint density at radius 1 is 1.24 bits per heavy atom. The summed E-state index contributed by atoms with van der Waals surface area (Å²) >= 11 is 0. The van der Waals surface area contributed by atoms with Gasteiger partial charge in [-0.3, -0.25) is 10.1 Å². The van der Waals surface area contributed by atoms with Gasteiger partial charge in [-0.1, -0.05) is 6.92 Å². The molecular weight excluding hydrogens is 278 g/mol. The maximum absolute atomic E-state index is 11.2. The van der Waals surface area contributed by atoms with Gasteiger partial charge < -0.3 is 19.0 Å². The number of carbonyl (C=O) groups is 1. The predicted octanol–water partition coefficient (Wildman–Crippen LogP) is 2.39. The molecule has 0 fully saturated rings. The lowest BCUT2D eigenvalue weighted by molar-refractivity contribution is -0.385. The lowest BCUT2D eigenvalue weighted by Crippen LogP contribution is -2.07. The minimum Gasteiger partial charge on any atom is -0.493 e. The third kappa shape index (κ3) is 3.62. The van der Waals surface area contributed by atoms with E-state index in [-0.39, 0.29) is 23.1 Å². The summed E-state index contributed by atoms with van der Waals surface area (Å²) in [4.78, 5) is 21.3. The summed E-state index contributed by atoms with van der Waals surface area (Å²) < 4.78 is 15.7. The molecule has 0 radical (unpaired) electrons. The molecule has 1 aromatic rings. The molecule has 1 aromatic carbocycles. The van der Waals surface area contributed by atoms with Crippen molar-refractivity contribution >= 4 is 12.0 Å². The average molecular weight is 297 g/mol. The van der Waals surface area contributed by atoms with Crippen molar-refractivity contribution in [3.63, 3.8) is 0 Å². The number of hydrogen-bond donors (Lipinski definition) is 0. The van der Waals surface area contributed by atoms with Crippen molar-refractivity contribution in [2.24, 2.45) is 5.92 Å². The largest absolute Gasteiger partial charge is 0.493 e. The third-order valence-corrected chi connectivity index (χ3v) is 3.15. The van der Waals surface area contributed by atoms with Crippen molar-refractivity contribution in [2.75, 3.05) is 21.3 Å². The molecule has 0 saturated heterocycles. The maximum atomic E-state index is 11.2. The molecule has 0 spiro atoms. The number of nitro benzene ring substituents is 1. The number of nitro groups is 1. The summed E-state index contributed by atoms with van der Waals surface area (Å²) in [6.07, 6.45) is 1.57. The molecule has 0 heterocycles. The van der Waals surface area contributed by atoms with E-state index in [1.165, 1.54) is 27.4 Å². The molecule has 7 heteroatoms. The van der Waals surface area contributed by atoms with Crippen molar-refractivity contribution in [1.82, 2.24) is 0 Å². The number of ether oxygens (including phenoxy) is 3. The zero-order valence-electron chi connectivity index (χ0n) is 12.5. The minimum atomic E-state index is -0.533. The highest BCUT2D eigenvalue weighted by Crippen LogP contribution is 2.45. The third-order valence-electron chi connectivity index (χ3n) is 3.15. The van der Waals surface area contributed by atoms with Crippen LogP contribution in [0, 0.1) is 16.0 Å². The van der Waals surface area contributed by atoms with Crippen LogP contribution in [0.4, 0.5) is 5.69 Å². The SMILES string of the molecule is COc1cc([N+](=O)[O-])c(OC)c(C[C@@H](C)CC=O)c1OC. The van der Waals surface area contributed by atoms with Gasteiger partial charge in [-0.05, 0) is 12.3 Å². The van der Waals surface area contributed by atoms with Crippen LogP contribution >= 0.6 is 0 Å². The van der Waals surface area contributed by atoms with Gasteiger partial charge in [0.1, 0.15) is 6.29 Å². The van der Waals surface area contributed by atoms with Crippen LogP contribution in [0.1, 0.15) is 18.9 Å². The average Bonchev–Trinajstić information content (AvgIpc) is 2.45. The molecule has 1 rings (SSSR count). The number of benzene rings is 1. The number of nitrogens with zero attached hydrogens (tertiary/aromatic N) is 1. The number of rotatable bonds is 8. The number of carbonyl (C=O) groups excluding carboxylic acids is 1. The van der Waals surface area contributed by atoms with E-state index in [0.29, 0.717) is 24.2 Å². The van der Waals surface area contributed by atoms with Gasteiger partial charge >= 0.3 is 5.69 Å². The van der Waals surface area contributed by atoms with Crippen molar-refractivity contribution in [3.8, 4) is 17.2 Å². The van der Waals surface area contributed by atoms with Crippen LogP contribution in [-0.2, 0) is 11.2 Å².